The number of carbonyl (C=O) groups is 3. The van der Waals surface area contributed by atoms with E-state index in [0.29, 0.717) is 51.5 Å². The highest BCUT2D eigenvalue weighted by Crippen LogP contribution is 2.23. The average Bonchev–Trinajstić information content (AvgIpc) is 3.03. The molecule has 10 unspecified atom stereocenters. The van der Waals surface area contributed by atoms with Crippen molar-refractivity contribution in [2.45, 2.75) is 132 Å². The van der Waals surface area contributed by atoms with Crippen molar-refractivity contribution in [2.24, 2.45) is 0 Å². The maximum Gasteiger partial charge on any atom is 0.220 e. The first kappa shape index (κ1) is 40.3. The molecule has 0 aromatic rings. The quantitative estimate of drug-likeness (QED) is 0.0528. The molecule has 268 valence electrons. The minimum absolute atomic E-state index is 0.0910. The zero-order chi connectivity index (χ0) is 34.2. The van der Waals surface area contributed by atoms with Crippen LogP contribution >= 0.6 is 0 Å². The van der Waals surface area contributed by atoms with Crippen molar-refractivity contribution < 1.29 is 74.2 Å². The highest BCUT2D eigenvalue weighted by Gasteiger charge is 2.45. The molecule has 0 aliphatic carbocycles. The third-order valence-electron chi connectivity index (χ3n) is 7.93. The summed E-state index contributed by atoms with van der Waals surface area (Å²) in [5.74, 6) is -0.661. The Morgan fingerprint density at radius 3 is 1.59 bits per heavy atom. The Balaban J connectivity index is 1.52. The maximum absolute atomic E-state index is 12.3. The van der Waals surface area contributed by atoms with Gasteiger partial charge in [-0.25, -0.2) is 0 Å². The van der Waals surface area contributed by atoms with Gasteiger partial charge in [0.1, 0.15) is 48.8 Å². The molecule has 46 heavy (non-hydrogen) atoms. The molecule has 11 atom stereocenters. The number of aliphatic hydroxyl groups excluding tert-OH is 8. The van der Waals surface area contributed by atoms with Crippen molar-refractivity contribution in [3.63, 3.8) is 0 Å². The van der Waals surface area contributed by atoms with Crippen molar-refractivity contribution in [1.29, 1.82) is 0 Å². The number of unbranched alkanes of at least 4 members (excludes halogenated alkanes) is 3. The van der Waals surface area contributed by atoms with Crippen LogP contribution in [0, 0.1) is 0 Å². The second-order valence-electron chi connectivity index (χ2n) is 11.6. The van der Waals surface area contributed by atoms with E-state index >= 15 is 0 Å². The van der Waals surface area contributed by atoms with E-state index in [2.05, 4.69) is 10.6 Å². The van der Waals surface area contributed by atoms with Gasteiger partial charge in [-0.3, -0.25) is 14.4 Å². The van der Waals surface area contributed by atoms with Crippen molar-refractivity contribution >= 4 is 17.6 Å². The first-order valence-corrected chi connectivity index (χ1v) is 15.8. The molecule has 0 bridgehead atoms. The largest absolute Gasteiger partial charge is 0.394 e. The lowest BCUT2D eigenvalue weighted by Gasteiger charge is -2.39. The molecule has 2 rings (SSSR count). The summed E-state index contributed by atoms with van der Waals surface area (Å²) in [5, 5.41) is 83.1. The summed E-state index contributed by atoms with van der Waals surface area (Å²) in [6.45, 7) is 0.898. The van der Waals surface area contributed by atoms with Crippen molar-refractivity contribution in [3.05, 3.63) is 0 Å². The molecule has 2 amide bonds. The highest BCUT2D eigenvalue weighted by molar-refractivity contribution is 5.87. The Morgan fingerprint density at radius 1 is 0.652 bits per heavy atom. The van der Waals surface area contributed by atoms with Gasteiger partial charge in [0.25, 0.3) is 0 Å². The van der Waals surface area contributed by atoms with Gasteiger partial charge in [-0.15, -0.1) is 0 Å². The van der Waals surface area contributed by atoms with Crippen molar-refractivity contribution in [1.82, 2.24) is 10.6 Å². The van der Waals surface area contributed by atoms with E-state index in [9.17, 15) is 55.2 Å². The van der Waals surface area contributed by atoms with Crippen LogP contribution in [-0.2, 0) is 33.3 Å². The van der Waals surface area contributed by atoms with E-state index < -0.39 is 80.7 Å². The van der Waals surface area contributed by atoms with Gasteiger partial charge in [-0.1, -0.05) is 0 Å². The lowest BCUT2D eigenvalue weighted by molar-refractivity contribution is -0.301. The van der Waals surface area contributed by atoms with Crippen LogP contribution in [0.1, 0.15) is 64.7 Å². The number of rotatable bonds is 21. The number of ketones is 1. The molecule has 17 heteroatoms. The van der Waals surface area contributed by atoms with Crippen LogP contribution < -0.4 is 10.6 Å². The molecule has 2 saturated heterocycles. The summed E-state index contributed by atoms with van der Waals surface area (Å²) in [4.78, 5) is 36.5. The molecule has 17 nitrogen and oxygen atoms in total. The molecule has 2 aliphatic rings. The fraction of sp³-hybridized carbons (Fsp3) is 0.897. The van der Waals surface area contributed by atoms with Crippen LogP contribution in [0.3, 0.4) is 0 Å². The molecule has 10 N–H and O–H groups in total. The van der Waals surface area contributed by atoms with Gasteiger partial charge < -0.3 is 70.4 Å². The molecule has 0 spiro atoms. The molecule has 0 radical (unpaired) electrons. The molecule has 2 fully saturated rings. The predicted octanol–water partition coefficient (Wildman–Crippen LogP) is -3.68. The number of nitrogens with one attached hydrogen (secondary N) is 2. The van der Waals surface area contributed by atoms with Crippen LogP contribution in [0.5, 0.6) is 0 Å². The zero-order valence-electron chi connectivity index (χ0n) is 26.2. The van der Waals surface area contributed by atoms with Crippen LogP contribution in [0.2, 0.25) is 0 Å². The normalized spacial score (nSPS) is 32.1. The number of hydrogen-bond acceptors (Lipinski definition) is 15. The summed E-state index contributed by atoms with van der Waals surface area (Å²) in [5.41, 5.74) is 0. The number of hydrogen-bond donors (Lipinski definition) is 10. The first-order chi connectivity index (χ1) is 21.9. The Hall–Kier alpha value is -1.87. The van der Waals surface area contributed by atoms with Gasteiger partial charge >= 0.3 is 0 Å². The van der Waals surface area contributed by atoms with E-state index in [-0.39, 0.29) is 43.7 Å². The van der Waals surface area contributed by atoms with Crippen LogP contribution in [0.25, 0.3) is 0 Å². The van der Waals surface area contributed by atoms with Gasteiger partial charge in [0, 0.05) is 32.6 Å². The van der Waals surface area contributed by atoms with Crippen molar-refractivity contribution in [2.75, 3.05) is 33.0 Å². The first-order valence-electron chi connectivity index (χ1n) is 15.8. The molecule has 2 aliphatic heterocycles. The van der Waals surface area contributed by atoms with Gasteiger partial charge in [0.15, 0.2) is 18.4 Å². The van der Waals surface area contributed by atoms with Gasteiger partial charge in [-0.2, -0.15) is 0 Å². The zero-order valence-corrected chi connectivity index (χ0v) is 26.2. The minimum atomic E-state index is -1.53. The standard InChI is InChI=1S/C29H52N2O15/c1-16(34)17(31-21(36)10-4-7-13-44-29-27(42)25(40)23(38)19(15-33)46-29)8-2-5-11-30-20(35)9-3-6-12-43-28-26(41)24(39)22(37)18(14-32)45-28/h17-19,22-29,32-33,37-42H,2-15H2,1H3,(H,30,35)(H,31,36)/t17?,18?,19?,22?,23-,24?,25?,26?,27?,28?,29?/m0/s1. The topological polar surface area (TPSA) is 274 Å². The van der Waals surface area contributed by atoms with Crippen LogP contribution in [0.15, 0.2) is 0 Å². The third-order valence-corrected chi connectivity index (χ3v) is 7.93. The molecule has 0 saturated carbocycles. The van der Waals surface area contributed by atoms with E-state index in [1.54, 1.807) is 0 Å². The third kappa shape index (κ3) is 13.0. The lowest BCUT2D eigenvalue weighted by Crippen LogP contribution is -2.59. The van der Waals surface area contributed by atoms with E-state index in [4.69, 9.17) is 18.9 Å². The Kier molecular flexibility index (Phi) is 18.6. The maximum atomic E-state index is 12.3. The predicted molar refractivity (Wildman–Crippen MR) is 157 cm³/mol. The fourth-order valence-corrected chi connectivity index (χ4v) is 5.02. The summed E-state index contributed by atoms with van der Waals surface area (Å²) < 4.78 is 21.3. The van der Waals surface area contributed by atoms with E-state index in [0.717, 1.165) is 0 Å². The molecular formula is C29H52N2O15. The van der Waals surface area contributed by atoms with Crippen molar-refractivity contribution in [3.8, 4) is 0 Å². The molecule has 0 aromatic carbocycles. The summed E-state index contributed by atoms with van der Waals surface area (Å²) in [7, 11) is 0. The smallest absolute Gasteiger partial charge is 0.220 e. The number of carbonyl (C=O) groups excluding carboxylic acids is 3. The summed E-state index contributed by atoms with van der Waals surface area (Å²) >= 11 is 0. The summed E-state index contributed by atoms with van der Waals surface area (Å²) in [6.07, 6.45) is -9.77. The number of Topliss-reactive ketones (excluding diaryl/α,β-unsaturated/α-hetero) is 1. The van der Waals surface area contributed by atoms with Crippen LogP contribution in [0.4, 0.5) is 0 Å². The fourth-order valence-electron chi connectivity index (χ4n) is 5.02. The average molecular weight is 669 g/mol. The number of ether oxygens (including phenoxy) is 4. The number of aliphatic hydroxyl groups is 8. The second kappa shape index (κ2) is 21.2. The van der Waals surface area contributed by atoms with Gasteiger partial charge in [0.05, 0.1) is 19.3 Å². The highest BCUT2D eigenvalue weighted by atomic mass is 16.7. The Labute approximate surface area is 267 Å². The van der Waals surface area contributed by atoms with E-state index in [1.807, 2.05) is 0 Å². The second-order valence-corrected chi connectivity index (χ2v) is 11.6. The lowest BCUT2D eigenvalue weighted by atomic mass is 9.99. The Morgan fingerprint density at radius 2 is 1.13 bits per heavy atom. The molecule has 2 heterocycles. The Bertz CT molecular complexity index is 910. The summed E-state index contributed by atoms with van der Waals surface area (Å²) in [6, 6.07) is -0.655. The SMILES string of the molecule is CC(=O)C(CCCCNC(=O)CCCCOC1OC(CO)C(O)C(O)C1O)NC(=O)CCCCOC1OC(CO)[C@H](O)C(O)C1O. The van der Waals surface area contributed by atoms with Gasteiger partial charge in [0.2, 0.25) is 11.8 Å². The number of amides is 2. The minimum Gasteiger partial charge on any atom is -0.394 e. The molecular weight excluding hydrogens is 616 g/mol. The van der Waals surface area contributed by atoms with E-state index in [1.165, 1.54) is 6.92 Å². The van der Waals surface area contributed by atoms with Crippen LogP contribution in [-0.4, -0.2) is 159 Å². The van der Waals surface area contributed by atoms with Gasteiger partial charge in [-0.05, 0) is 51.9 Å². The molecule has 0 aromatic heterocycles. The monoisotopic (exact) mass is 668 g/mol.